The lowest BCUT2D eigenvalue weighted by atomic mass is 10.2. The third kappa shape index (κ3) is 18.1. The molecule has 19 nitrogen and oxygen atoms in total. The number of esters is 8. The standard InChI is InChI=1S/C45H43NO18/c1-5-38(47)55-21-19-42(51)61-35(27-59-40(49)7-3)25-57-32-13-9-29(10-14-32)44(53)63-34-17-18-37(31(23-34)24-46)64-45(54)30-11-15-33(16-12-30)58-26-36(28-60-41(50)8-4)62-43(52)20-22-56-39(48)6-2/h5-18,23-24,35-36,46H,1-4,19-22,25-28H2. The number of hydrogen-bond acceptors (Lipinski definition) is 19. The normalized spacial score (nSPS) is 11.1. The third-order valence-corrected chi connectivity index (χ3v) is 7.79. The molecular formula is C45H43NO18. The Balaban J connectivity index is 1.56. The summed E-state index contributed by atoms with van der Waals surface area (Å²) in [6.45, 7) is 11.4. The predicted molar refractivity (Wildman–Crippen MR) is 222 cm³/mol. The van der Waals surface area contributed by atoms with E-state index < -0.39 is 60.0 Å². The van der Waals surface area contributed by atoms with Crippen LogP contribution in [0.3, 0.4) is 0 Å². The third-order valence-electron chi connectivity index (χ3n) is 7.79. The van der Waals surface area contributed by atoms with Crippen molar-refractivity contribution in [2.24, 2.45) is 0 Å². The second-order valence-corrected chi connectivity index (χ2v) is 12.4. The number of carbonyl (C=O) groups is 8. The van der Waals surface area contributed by atoms with Crippen LogP contribution in [-0.4, -0.2) is 106 Å². The van der Waals surface area contributed by atoms with Gasteiger partial charge in [-0.1, -0.05) is 26.3 Å². The van der Waals surface area contributed by atoms with Crippen LogP contribution in [0.25, 0.3) is 0 Å². The molecule has 0 spiro atoms. The van der Waals surface area contributed by atoms with Gasteiger partial charge in [-0.15, -0.1) is 0 Å². The molecule has 3 aromatic carbocycles. The lowest BCUT2D eigenvalue weighted by Crippen LogP contribution is -2.31. The van der Waals surface area contributed by atoms with E-state index in [4.69, 9.17) is 52.8 Å². The average molecular weight is 886 g/mol. The summed E-state index contributed by atoms with van der Waals surface area (Å²) in [6.07, 6.45) is 1.98. The molecule has 1 N–H and O–H groups in total. The van der Waals surface area contributed by atoms with Gasteiger partial charge in [0, 0.05) is 36.1 Å². The summed E-state index contributed by atoms with van der Waals surface area (Å²) in [5.41, 5.74) is 0.311. The van der Waals surface area contributed by atoms with Gasteiger partial charge in [0.25, 0.3) is 0 Å². The number of rotatable bonds is 27. The molecule has 3 rings (SSSR count). The molecule has 0 amide bonds. The van der Waals surface area contributed by atoms with Crippen LogP contribution in [0.15, 0.2) is 117 Å². The molecule has 336 valence electrons. The minimum absolute atomic E-state index is 0.0148. The Morgan fingerprint density at radius 2 is 0.891 bits per heavy atom. The Bertz CT molecular complexity index is 2200. The van der Waals surface area contributed by atoms with Gasteiger partial charge in [-0.25, -0.2) is 28.8 Å². The van der Waals surface area contributed by atoms with Crippen LogP contribution in [0.1, 0.15) is 39.1 Å². The van der Waals surface area contributed by atoms with Crippen LogP contribution in [0.2, 0.25) is 0 Å². The molecule has 2 unspecified atom stereocenters. The summed E-state index contributed by atoms with van der Waals surface area (Å²) in [5.74, 6) is -5.50. The van der Waals surface area contributed by atoms with Crippen molar-refractivity contribution in [2.45, 2.75) is 25.0 Å². The molecule has 0 aliphatic rings. The van der Waals surface area contributed by atoms with Gasteiger partial charge in [0.05, 0.1) is 24.0 Å². The maximum atomic E-state index is 13.0. The monoisotopic (exact) mass is 885 g/mol. The molecular weight excluding hydrogens is 842 g/mol. The van der Waals surface area contributed by atoms with Crippen LogP contribution in [0, 0.1) is 5.41 Å². The Labute approximate surface area is 366 Å². The topological polar surface area (TPSA) is 253 Å². The average Bonchev–Trinajstić information content (AvgIpc) is 3.30. The molecule has 0 fully saturated rings. The molecule has 0 radical (unpaired) electrons. The summed E-state index contributed by atoms with van der Waals surface area (Å²) in [6, 6.07) is 15.4. The van der Waals surface area contributed by atoms with E-state index in [1.807, 2.05) is 0 Å². The fraction of sp³-hybridized carbons (Fsp3) is 0.222. The molecule has 0 aliphatic carbocycles. The van der Waals surface area contributed by atoms with Crippen molar-refractivity contribution >= 4 is 54.0 Å². The van der Waals surface area contributed by atoms with E-state index in [1.165, 1.54) is 66.7 Å². The largest absolute Gasteiger partial charge is 0.490 e. The highest BCUT2D eigenvalue weighted by Crippen LogP contribution is 2.26. The highest BCUT2D eigenvalue weighted by atomic mass is 16.6. The second kappa shape index (κ2) is 26.8. The van der Waals surface area contributed by atoms with Crippen LogP contribution in [0.4, 0.5) is 0 Å². The van der Waals surface area contributed by atoms with E-state index >= 15 is 0 Å². The molecule has 0 aromatic heterocycles. The molecule has 3 aromatic rings. The molecule has 0 saturated carbocycles. The molecule has 64 heavy (non-hydrogen) atoms. The first-order chi connectivity index (χ1) is 30.8. The fourth-order valence-electron chi connectivity index (χ4n) is 4.65. The maximum absolute atomic E-state index is 13.0. The first-order valence-corrected chi connectivity index (χ1v) is 18.9. The zero-order chi connectivity index (χ0) is 46.9. The summed E-state index contributed by atoms with van der Waals surface area (Å²) < 4.78 is 52.3. The zero-order valence-electron chi connectivity index (χ0n) is 34.2. The number of ether oxygens (including phenoxy) is 10. The zero-order valence-corrected chi connectivity index (χ0v) is 34.2. The Hall–Kier alpha value is -8.35. The van der Waals surface area contributed by atoms with Crippen molar-refractivity contribution in [3.8, 4) is 23.0 Å². The van der Waals surface area contributed by atoms with Gasteiger partial charge in [-0.2, -0.15) is 0 Å². The van der Waals surface area contributed by atoms with Gasteiger partial charge in [0.15, 0.2) is 12.2 Å². The lowest BCUT2D eigenvalue weighted by molar-refractivity contribution is -0.160. The van der Waals surface area contributed by atoms with Crippen molar-refractivity contribution in [1.29, 1.82) is 5.41 Å². The first kappa shape index (κ1) is 50.0. The molecule has 0 aliphatic heterocycles. The van der Waals surface area contributed by atoms with Crippen molar-refractivity contribution < 1.29 is 85.7 Å². The number of benzene rings is 3. The highest BCUT2D eigenvalue weighted by molar-refractivity contribution is 5.94. The lowest BCUT2D eigenvalue weighted by Gasteiger charge is -2.18. The maximum Gasteiger partial charge on any atom is 0.343 e. The van der Waals surface area contributed by atoms with E-state index in [2.05, 4.69) is 26.3 Å². The second-order valence-electron chi connectivity index (χ2n) is 12.4. The van der Waals surface area contributed by atoms with Crippen molar-refractivity contribution in [3.63, 3.8) is 0 Å². The Morgan fingerprint density at radius 3 is 1.30 bits per heavy atom. The molecule has 0 bridgehead atoms. The summed E-state index contributed by atoms with van der Waals surface area (Å²) in [7, 11) is 0. The minimum atomic E-state index is -1.05. The smallest absolute Gasteiger partial charge is 0.343 e. The number of carbonyl (C=O) groups excluding carboxylic acids is 8. The number of nitrogens with one attached hydrogen (secondary N) is 1. The van der Waals surface area contributed by atoms with Gasteiger partial charge < -0.3 is 52.8 Å². The SMILES string of the molecule is C=CC(=O)OCCC(=O)OC(COC(=O)C=C)COc1ccc(C(=O)Oc2ccc(OC(=O)c3ccc(OCC(COC(=O)C=C)OC(=O)CCOC(=O)C=C)cc3)c(C=N)c2)cc1. The van der Waals surface area contributed by atoms with E-state index in [9.17, 15) is 38.4 Å². The van der Waals surface area contributed by atoms with Crippen molar-refractivity contribution in [1.82, 2.24) is 0 Å². The molecule has 0 saturated heterocycles. The van der Waals surface area contributed by atoms with E-state index in [0.29, 0.717) is 0 Å². The fourth-order valence-corrected chi connectivity index (χ4v) is 4.65. The number of hydrogen-bond donors (Lipinski definition) is 1. The van der Waals surface area contributed by atoms with Gasteiger partial charge in [-0.05, 0) is 66.7 Å². The molecule has 0 heterocycles. The molecule has 19 heteroatoms. The van der Waals surface area contributed by atoms with Gasteiger partial charge in [0.2, 0.25) is 0 Å². The summed E-state index contributed by atoms with van der Waals surface area (Å²) >= 11 is 0. The summed E-state index contributed by atoms with van der Waals surface area (Å²) in [5, 5.41) is 7.84. The minimum Gasteiger partial charge on any atom is -0.490 e. The van der Waals surface area contributed by atoms with Crippen LogP contribution in [0.5, 0.6) is 23.0 Å². The van der Waals surface area contributed by atoms with Crippen LogP contribution in [-0.2, 0) is 57.2 Å². The highest BCUT2D eigenvalue weighted by Gasteiger charge is 2.21. The van der Waals surface area contributed by atoms with Crippen molar-refractivity contribution in [2.75, 3.05) is 39.6 Å². The van der Waals surface area contributed by atoms with Crippen LogP contribution >= 0.6 is 0 Å². The van der Waals surface area contributed by atoms with Crippen molar-refractivity contribution in [3.05, 3.63) is 134 Å². The summed E-state index contributed by atoms with van der Waals surface area (Å²) in [4.78, 5) is 96.0. The van der Waals surface area contributed by atoms with E-state index in [1.54, 1.807) is 0 Å². The first-order valence-electron chi connectivity index (χ1n) is 18.9. The van der Waals surface area contributed by atoms with E-state index in [0.717, 1.165) is 30.5 Å². The van der Waals surface area contributed by atoms with Gasteiger partial charge >= 0.3 is 47.8 Å². The molecule has 2 atom stereocenters. The Kier molecular flexibility index (Phi) is 20.9. The van der Waals surface area contributed by atoms with Gasteiger partial charge in [0.1, 0.15) is 62.6 Å². The van der Waals surface area contributed by atoms with E-state index in [-0.39, 0.29) is 92.2 Å². The van der Waals surface area contributed by atoms with Gasteiger partial charge in [-0.3, -0.25) is 9.59 Å². The Morgan fingerprint density at radius 1 is 0.500 bits per heavy atom. The quantitative estimate of drug-likeness (QED) is 0.0366. The van der Waals surface area contributed by atoms with Crippen LogP contribution < -0.4 is 18.9 Å². The predicted octanol–water partition coefficient (Wildman–Crippen LogP) is 4.40.